The van der Waals surface area contributed by atoms with Crippen molar-refractivity contribution in [3.63, 3.8) is 0 Å². The van der Waals surface area contributed by atoms with Gasteiger partial charge in [0.25, 0.3) is 0 Å². The van der Waals surface area contributed by atoms with Crippen molar-refractivity contribution in [3.8, 4) is 0 Å². The molecule has 0 N–H and O–H groups in total. The fraction of sp³-hybridized carbons (Fsp3) is 0.500. The molecule has 1 aromatic rings. The Hall–Kier alpha value is -1.43. The lowest BCUT2D eigenvalue weighted by Crippen LogP contribution is -2.38. The Bertz CT molecular complexity index is 455. The standard InChI is InChI=1S/C10H11ClFN3O2/c1-5(2)7-4-17-10(16)15(7)8-6(12)3-13-9(11)14-8/h3,5,7H,4H2,1-2H3. The van der Waals surface area contributed by atoms with E-state index in [4.69, 9.17) is 16.3 Å². The van der Waals surface area contributed by atoms with Crippen LogP contribution in [0.15, 0.2) is 6.20 Å². The van der Waals surface area contributed by atoms with Gasteiger partial charge in [0.1, 0.15) is 6.61 Å². The van der Waals surface area contributed by atoms with Gasteiger partial charge >= 0.3 is 6.09 Å². The summed E-state index contributed by atoms with van der Waals surface area (Å²) in [5, 5.41) is -0.108. The highest BCUT2D eigenvalue weighted by atomic mass is 35.5. The minimum atomic E-state index is -0.695. The molecule has 17 heavy (non-hydrogen) atoms. The number of carbonyl (C=O) groups excluding carboxylic acids is 1. The summed E-state index contributed by atoms with van der Waals surface area (Å²) in [6.45, 7) is 4.05. The van der Waals surface area contributed by atoms with E-state index in [1.807, 2.05) is 13.8 Å². The number of hydrogen-bond donors (Lipinski definition) is 0. The number of anilines is 1. The van der Waals surface area contributed by atoms with Crippen molar-refractivity contribution in [1.29, 1.82) is 0 Å². The Morgan fingerprint density at radius 2 is 2.35 bits per heavy atom. The van der Waals surface area contributed by atoms with Gasteiger partial charge in [-0.25, -0.2) is 14.2 Å². The lowest BCUT2D eigenvalue weighted by Gasteiger charge is -2.23. The Balaban J connectivity index is 2.42. The number of aromatic nitrogens is 2. The van der Waals surface area contributed by atoms with Gasteiger partial charge in [0.2, 0.25) is 5.28 Å². The van der Waals surface area contributed by atoms with Gasteiger partial charge in [0.15, 0.2) is 11.6 Å². The molecule has 7 heteroatoms. The van der Waals surface area contributed by atoms with Crippen LogP contribution in [0.3, 0.4) is 0 Å². The van der Waals surface area contributed by atoms with Crippen molar-refractivity contribution in [2.45, 2.75) is 19.9 Å². The van der Waals surface area contributed by atoms with Crippen LogP contribution in [-0.4, -0.2) is 28.7 Å². The Kier molecular flexibility index (Phi) is 3.15. The molecular formula is C10H11ClFN3O2. The zero-order chi connectivity index (χ0) is 12.6. The van der Waals surface area contributed by atoms with Gasteiger partial charge in [-0.05, 0) is 17.5 Å². The molecule has 2 rings (SSSR count). The molecule has 1 aliphatic rings. The molecule has 0 aliphatic carbocycles. The molecule has 2 heterocycles. The molecule has 0 saturated carbocycles. The number of nitrogens with zero attached hydrogens (tertiary/aromatic N) is 3. The van der Waals surface area contributed by atoms with Gasteiger partial charge in [-0.15, -0.1) is 0 Å². The zero-order valence-corrected chi connectivity index (χ0v) is 10.1. The van der Waals surface area contributed by atoms with Gasteiger partial charge in [-0.1, -0.05) is 13.8 Å². The maximum Gasteiger partial charge on any atom is 0.416 e. The molecule has 0 spiro atoms. The van der Waals surface area contributed by atoms with Gasteiger partial charge < -0.3 is 4.74 Å². The minimum Gasteiger partial charge on any atom is -0.447 e. The van der Waals surface area contributed by atoms with E-state index in [-0.39, 0.29) is 29.7 Å². The lowest BCUT2D eigenvalue weighted by atomic mass is 10.0. The highest BCUT2D eigenvalue weighted by Crippen LogP contribution is 2.27. The van der Waals surface area contributed by atoms with E-state index < -0.39 is 11.9 Å². The molecule has 5 nitrogen and oxygen atoms in total. The highest BCUT2D eigenvalue weighted by molar-refractivity contribution is 6.28. The van der Waals surface area contributed by atoms with E-state index in [0.29, 0.717) is 0 Å². The molecule has 1 fully saturated rings. The van der Waals surface area contributed by atoms with Crippen LogP contribution >= 0.6 is 11.6 Å². The van der Waals surface area contributed by atoms with Gasteiger partial charge in [0.05, 0.1) is 12.2 Å². The highest BCUT2D eigenvalue weighted by Gasteiger charge is 2.38. The number of rotatable bonds is 2. The Labute approximate surface area is 103 Å². The molecular weight excluding hydrogens is 249 g/mol. The van der Waals surface area contributed by atoms with Crippen molar-refractivity contribution in [3.05, 3.63) is 17.3 Å². The van der Waals surface area contributed by atoms with Crippen LogP contribution in [0.25, 0.3) is 0 Å². The quantitative estimate of drug-likeness (QED) is 0.765. The molecule has 1 aromatic heterocycles. The van der Waals surface area contributed by atoms with E-state index in [9.17, 15) is 9.18 Å². The van der Waals surface area contributed by atoms with Crippen molar-refractivity contribution in [2.75, 3.05) is 11.5 Å². The molecule has 92 valence electrons. The zero-order valence-electron chi connectivity index (χ0n) is 9.35. The Morgan fingerprint density at radius 1 is 1.65 bits per heavy atom. The predicted molar refractivity (Wildman–Crippen MR) is 59.5 cm³/mol. The summed E-state index contributed by atoms with van der Waals surface area (Å²) in [6, 6.07) is -0.247. The third-order valence-corrected chi connectivity index (χ3v) is 2.78. The fourth-order valence-corrected chi connectivity index (χ4v) is 1.81. The third kappa shape index (κ3) is 2.17. The summed E-state index contributed by atoms with van der Waals surface area (Å²) in [5.41, 5.74) is 0. The molecule has 1 unspecified atom stereocenters. The average molecular weight is 260 g/mol. The second-order valence-corrected chi connectivity index (χ2v) is 4.41. The van der Waals surface area contributed by atoms with Crippen LogP contribution in [0, 0.1) is 11.7 Å². The first-order valence-electron chi connectivity index (χ1n) is 5.14. The topological polar surface area (TPSA) is 55.3 Å². The number of carbonyl (C=O) groups is 1. The van der Waals surface area contributed by atoms with Crippen molar-refractivity contribution in [2.24, 2.45) is 5.92 Å². The number of hydrogen-bond acceptors (Lipinski definition) is 4. The van der Waals surface area contributed by atoms with Crippen LogP contribution in [0.1, 0.15) is 13.8 Å². The van der Waals surface area contributed by atoms with Crippen LogP contribution in [0.2, 0.25) is 5.28 Å². The van der Waals surface area contributed by atoms with Crippen LogP contribution < -0.4 is 4.90 Å². The largest absolute Gasteiger partial charge is 0.447 e. The van der Waals surface area contributed by atoms with E-state index in [1.165, 1.54) is 4.90 Å². The SMILES string of the molecule is CC(C)C1COC(=O)N1c1nc(Cl)ncc1F. The van der Waals surface area contributed by atoms with E-state index in [1.54, 1.807) is 0 Å². The molecule has 0 bridgehead atoms. The van der Waals surface area contributed by atoms with Crippen molar-refractivity contribution >= 4 is 23.5 Å². The monoisotopic (exact) mass is 259 g/mol. The normalized spacial score (nSPS) is 19.9. The minimum absolute atomic E-state index is 0.108. The summed E-state index contributed by atoms with van der Waals surface area (Å²) in [6.07, 6.45) is 0.325. The van der Waals surface area contributed by atoms with Crippen LogP contribution in [0.5, 0.6) is 0 Å². The number of cyclic esters (lactones) is 1. The van der Waals surface area contributed by atoms with Crippen molar-refractivity contribution in [1.82, 2.24) is 9.97 Å². The van der Waals surface area contributed by atoms with E-state index in [2.05, 4.69) is 9.97 Å². The van der Waals surface area contributed by atoms with Gasteiger partial charge in [0, 0.05) is 0 Å². The molecule has 1 atom stereocenters. The first kappa shape index (κ1) is 12.0. The Morgan fingerprint density at radius 3 is 3.00 bits per heavy atom. The first-order valence-corrected chi connectivity index (χ1v) is 5.52. The predicted octanol–water partition coefficient (Wildman–Crippen LogP) is 2.25. The summed E-state index contributed by atoms with van der Waals surface area (Å²) in [7, 11) is 0. The lowest BCUT2D eigenvalue weighted by molar-refractivity contribution is 0.177. The summed E-state index contributed by atoms with van der Waals surface area (Å²) >= 11 is 5.60. The second kappa shape index (κ2) is 4.44. The summed E-state index contributed by atoms with van der Waals surface area (Å²) < 4.78 is 18.5. The smallest absolute Gasteiger partial charge is 0.416 e. The summed E-state index contributed by atoms with van der Waals surface area (Å²) in [4.78, 5) is 20.0. The van der Waals surface area contributed by atoms with Crippen LogP contribution in [0.4, 0.5) is 15.0 Å². The number of amides is 1. The molecule has 1 saturated heterocycles. The maximum absolute atomic E-state index is 13.6. The van der Waals surface area contributed by atoms with Gasteiger partial charge in [-0.3, -0.25) is 4.90 Å². The third-order valence-electron chi connectivity index (χ3n) is 2.60. The molecule has 1 amide bonds. The van der Waals surface area contributed by atoms with E-state index in [0.717, 1.165) is 6.20 Å². The molecule has 0 aromatic carbocycles. The number of ether oxygens (including phenoxy) is 1. The van der Waals surface area contributed by atoms with Crippen LogP contribution in [-0.2, 0) is 4.74 Å². The molecule has 0 radical (unpaired) electrons. The molecule has 1 aliphatic heterocycles. The second-order valence-electron chi connectivity index (χ2n) is 4.07. The van der Waals surface area contributed by atoms with E-state index >= 15 is 0 Å². The van der Waals surface area contributed by atoms with Crippen molar-refractivity contribution < 1.29 is 13.9 Å². The van der Waals surface area contributed by atoms with Gasteiger partial charge in [-0.2, -0.15) is 4.98 Å². The first-order chi connectivity index (χ1) is 8.00. The number of halogens is 2. The average Bonchev–Trinajstić information content (AvgIpc) is 2.64. The fourth-order valence-electron chi connectivity index (χ4n) is 1.68. The summed E-state index contributed by atoms with van der Waals surface area (Å²) in [5.74, 6) is -0.709. The maximum atomic E-state index is 13.6.